The number of halogens is 2. The lowest BCUT2D eigenvalue weighted by molar-refractivity contribution is -0.144. The summed E-state index contributed by atoms with van der Waals surface area (Å²) in [7, 11) is 1.46. The maximum atomic E-state index is 14.3. The fraction of sp³-hybridized carbons (Fsp3) is 0.379. The van der Waals surface area contributed by atoms with E-state index < -0.39 is 47.2 Å². The third-order valence-electron chi connectivity index (χ3n) is 7.56. The van der Waals surface area contributed by atoms with Crippen LogP contribution in [-0.2, 0) is 20.9 Å². The fourth-order valence-electron chi connectivity index (χ4n) is 5.41. The van der Waals surface area contributed by atoms with Gasteiger partial charge in [0.25, 0.3) is 17.7 Å². The number of carbonyl (C=O) groups excluding carboxylic acids is 3. The molecule has 3 unspecified atom stereocenters. The van der Waals surface area contributed by atoms with Crippen LogP contribution >= 0.6 is 0 Å². The number of nitrogens with one attached hydrogen (secondary N) is 2. The number of ether oxygens (including phenoxy) is 1. The van der Waals surface area contributed by atoms with Crippen LogP contribution in [0.3, 0.4) is 0 Å². The van der Waals surface area contributed by atoms with Crippen molar-refractivity contribution in [3.05, 3.63) is 76.8 Å². The van der Waals surface area contributed by atoms with Gasteiger partial charge in [-0.3, -0.25) is 24.1 Å². The maximum Gasteiger partial charge on any atom is 0.304 e. The van der Waals surface area contributed by atoms with Crippen molar-refractivity contribution in [2.24, 2.45) is 5.92 Å². The molecule has 3 heterocycles. The van der Waals surface area contributed by atoms with Gasteiger partial charge >= 0.3 is 6.17 Å². The highest BCUT2D eigenvalue weighted by Gasteiger charge is 2.57. The van der Waals surface area contributed by atoms with Crippen LogP contribution in [0.5, 0.6) is 0 Å². The van der Waals surface area contributed by atoms with Gasteiger partial charge in [-0.15, -0.1) is 0 Å². The molecule has 3 atom stereocenters. The molecule has 11 heteroatoms. The van der Waals surface area contributed by atoms with Crippen LogP contribution in [0, 0.1) is 24.1 Å². The molecule has 0 aliphatic carbocycles. The highest BCUT2D eigenvalue weighted by molar-refractivity contribution is 6.02. The second-order valence-electron chi connectivity index (χ2n) is 10.8. The van der Waals surface area contributed by atoms with E-state index in [0.717, 1.165) is 17.7 Å². The number of likely N-dealkylation sites (tertiary alicyclic amines) is 1. The monoisotopic (exact) mass is 549 g/mol. The minimum absolute atomic E-state index is 0.00617. The van der Waals surface area contributed by atoms with Crippen LogP contribution < -0.4 is 5.32 Å². The number of nitrogens with zero attached hydrogens (tertiary/aromatic N) is 3. The van der Waals surface area contributed by atoms with Crippen molar-refractivity contribution in [2.45, 2.75) is 51.1 Å². The predicted molar refractivity (Wildman–Crippen MR) is 143 cm³/mol. The second kappa shape index (κ2) is 10.4. The average molecular weight is 550 g/mol. The highest BCUT2D eigenvalue weighted by atomic mass is 19.1. The van der Waals surface area contributed by atoms with Crippen LogP contribution in [-0.4, -0.2) is 63.9 Å². The molecule has 2 N–H and O–H groups in total. The molecule has 0 bridgehead atoms. The first-order valence-electron chi connectivity index (χ1n) is 13.0. The third kappa shape index (κ3) is 4.79. The first kappa shape index (κ1) is 27.3. The Morgan fingerprint density at radius 1 is 1.25 bits per heavy atom. The Labute approximate surface area is 229 Å². The lowest BCUT2D eigenvalue weighted by Crippen LogP contribution is -2.53. The Hall–Kier alpha value is -4.30. The zero-order valence-electron chi connectivity index (χ0n) is 22.3. The molecular weight excluding hydrogens is 520 g/mol. The number of para-hydroxylation sites is 1. The second-order valence-corrected chi connectivity index (χ2v) is 10.8. The summed E-state index contributed by atoms with van der Waals surface area (Å²) in [5.74, 6) is -3.12. The van der Waals surface area contributed by atoms with E-state index in [0.29, 0.717) is 5.69 Å². The molecule has 0 radical (unpaired) electrons. The lowest BCUT2D eigenvalue weighted by Gasteiger charge is -2.32. The van der Waals surface area contributed by atoms with E-state index in [1.807, 2.05) is 26.0 Å². The molecule has 3 aromatic rings. The molecule has 1 spiro atoms. The number of likely N-dealkylation sites (N-methyl/N-ethyl adjacent to an activating group) is 1. The molecule has 40 heavy (non-hydrogen) atoms. The van der Waals surface area contributed by atoms with E-state index in [2.05, 4.69) is 15.1 Å². The Bertz CT molecular complexity index is 1550. The summed E-state index contributed by atoms with van der Waals surface area (Å²) in [6.07, 6.45) is -0.708. The summed E-state index contributed by atoms with van der Waals surface area (Å²) in [4.78, 5) is 49.8. The molecular formula is C29H29F2N5O4. The number of aromatic amines is 1. The number of anilines is 1. The first-order chi connectivity index (χ1) is 19.0. The summed E-state index contributed by atoms with van der Waals surface area (Å²) in [5.41, 5.74) is 0.0920. The van der Waals surface area contributed by atoms with Gasteiger partial charge in [-0.05, 0) is 30.5 Å². The van der Waals surface area contributed by atoms with Crippen molar-refractivity contribution in [1.29, 1.82) is 0 Å². The van der Waals surface area contributed by atoms with E-state index in [4.69, 9.17) is 11.3 Å². The van der Waals surface area contributed by atoms with E-state index in [1.54, 1.807) is 12.1 Å². The van der Waals surface area contributed by atoms with Crippen molar-refractivity contribution in [3.8, 4) is 0 Å². The van der Waals surface area contributed by atoms with Gasteiger partial charge < -0.3 is 19.9 Å². The van der Waals surface area contributed by atoms with Crippen LogP contribution in [0.4, 0.5) is 14.5 Å². The van der Waals surface area contributed by atoms with Crippen molar-refractivity contribution >= 4 is 34.3 Å². The van der Waals surface area contributed by atoms with E-state index in [1.165, 1.54) is 22.9 Å². The quantitative estimate of drug-likeness (QED) is 0.463. The van der Waals surface area contributed by atoms with Crippen LogP contribution in [0.25, 0.3) is 15.7 Å². The molecule has 0 saturated carbocycles. The van der Waals surface area contributed by atoms with Crippen LogP contribution in [0.15, 0.2) is 42.5 Å². The number of H-pyrrole nitrogens is 1. The number of amides is 3. The Balaban J connectivity index is 1.42. The molecule has 1 fully saturated rings. The van der Waals surface area contributed by atoms with Crippen molar-refractivity contribution < 1.29 is 27.9 Å². The maximum absolute atomic E-state index is 14.3. The minimum Gasteiger partial charge on any atom is -0.358 e. The van der Waals surface area contributed by atoms with Gasteiger partial charge in [0.2, 0.25) is 0 Å². The van der Waals surface area contributed by atoms with Crippen molar-refractivity contribution in [3.63, 3.8) is 0 Å². The molecule has 9 nitrogen and oxygen atoms in total. The fourth-order valence-corrected chi connectivity index (χ4v) is 5.41. The Morgan fingerprint density at radius 2 is 2.00 bits per heavy atom. The van der Waals surface area contributed by atoms with Crippen LogP contribution in [0.1, 0.15) is 42.7 Å². The SMILES string of the molecule is [C-]#[N+]C1CC2(CN1C(=O)C(CC(C)C)N(C)C(=O)c1cc3c(F)cc(F)cc3[nH]1)OCc1ccccc1NC2=O. The van der Waals surface area contributed by atoms with Gasteiger partial charge in [-0.2, -0.15) is 0 Å². The number of aromatic nitrogens is 1. The summed E-state index contributed by atoms with van der Waals surface area (Å²) < 4.78 is 34.1. The normalized spacial score (nSPS) is 21.2. The van der Waals surface area contributed by atoms with Gasteiger partial charge in [0.15, 0.2) is 5.60 Å². The smallest absolute Gasteiger partial charge is 0.304 e. The van der Waals surface area contributed by atoms with Gasteiger partial charge in [0, 0.05) is 29.8 Å². The van der Waals surface area contributed by atoms with E-state index in [-0.39, 0.29) is 48.5 Å². The zero-order chi connectivity index (χ0) is 28.8. The summed E-state index contributed by atoms with van der Waals surface area (Å²) >= 11 is 0. The Morgan fingerprint density at radius 3 is 2.73 bits per heavy atom. The van der Waals surface area contributed by atoms with Crippen molar-refractivity contribution in [2.75, 3.05) is 18.9 Å². The van der Waals surface area contributed by atoms with Gasteiger partial charge in [0.05, 0.1) is 25.1 Å². The number of benzene rings is 2. The zero-order valence-corrected chi connectivity index (χ0v) is 22.3. The number of hydrogen-bond acceptors (Lipinski definition) is 4. The molecule has 5 rings (SSSR count). The lowest BCUT2D eigenvalue weighted by atomic mass is 10.0. The van der Waals surface area contributed by atoms with Gasteiger partial charge in [-0.1, -0.05) is 32.0 Å². The number of rotatable bonds is 5. The van der Waals surface area contributed by atoms with E-state index >= 15 is 0 Å². The highest BCUT2D eigenvalue weighted by Crippen LogP contribution is 2.37. The predicted octanol–water partition coefficient (Wildman–Crippen LogP) is 4.32. The summed E-state index contributed by atoms with van der Waals surface area (Å²) in [6, 6.07) is 9.36. The summed E-state index contributed by atoms with van der Waals surface area (Å²) in [6.45, 7) is 11.6. The number of fused-ring (bicyclic) bond motifs is 2. The van der Waals surface area contributed by atoms with Crippen molar-refractivity contribution in [1.82, 2.24) is 14.8 Å². The molecule has 1 saturated heterocycles. The molecule has 208 valence electrons. The average Bonchev–Trinajstić information content (AvgIpc) is 3.49. The minimum atomic E-state index is -1.42. The number of hydrogen-bond donors (Lipinski definition) is 2. The Kier molecular flexibility index (Phi) is 7.06. The van der Waals surface area contributed by atoms with E-state index in [9.17, 15) is 23.2 Å². The first-order valence-corrected chi connectivity index (χ1v) is 13.0. The van der Waals surface area contributed by atoms with Gasteiger partial charge in [-0.25, -0.2) is 15.4 Å². The standard InChI is InChI=1S/C29H29F2N5O4/c1-16(2)9-24(35(4)26(37)23-12-19-20(31)10-18(30)11-22(19)33-23)27(38)36-15-29(13-25(36)32-3)28(39)34-21-8-6-5-7-17(21)14-40-29/h5-8,10-12,16,24-25,33H,9,13-15H2,1-2,4H3,(H,34,39). The molecule has 2 aliphatic heterocycles. The molecule has 1 aromatic heterocycles. The third-order valence-corrected chi connectivity index (χ3v) is 7.56. The number of carbonyl (C=O) groups is 3. The molecule has 3 amide bonds. The molecule has 2 aliphatic rings. The largest absolute Gasteiger partial charge is 0.358 e. The summed E-state index contributed by atoms with van der Waals surface area (Å²) in [5, 5.41) is 2.93. The molecule has 2 aromatic carbocycles. The van der Waals surface area contributed by atoms with Gasteiger partial charge in [0.1, 0.15) is 23.4 Å². The topological polar surface area (TPSA) is 99.1 Å². The van der Waals surface area contributed by atoms with Crippen LogP contribution in [0.2, 0.25) is 0 Å².